The second-order valence-corrected chi connectivity index (χ2v) is 5.75. The average molecular weight is 332 g/mol. The predicted molar refractivity (Wildman–Crippen MR) is 83.8 cm³/mol. The lowest BCUT2D eigenvalue weighted by Gasteiger charge is -2.24. The van der Waals surface area contributed by atoms with E-state index in [4.69, 9.17) is 28.3 Å². The molecule has 0 saturated heterocycles. The predicted octanol–water partition coefficient (Wildman–Crippen LogP) is 3.50. The summed E-state index contributed by atoms with van der Waals surface area (Å²) in [5.41, 5.74) is 0.858. The van der Waals surface area contributed by atoms with Crippen LogP contribution < -0.4 is 0 Å². The van der Waals surface area contributed by atoms with Gasteiger partial charge >= 0.3 is 5.97 Å². The molecule has 21 heavy (non-hydrogen) atoms. The molecule has 1 N–H and O–H groups in total. The van der Waals surface area contributed by atoms with E-state index < -0.39 is 5.97 Å². The number of halogens is 2. The van der Waals surface area contributed by atoms with Crippen LogP contribution in [0.2, 0.25) is 10.0 Å². The lowest BCUT2D eigenvalue weighted by molar-refractivity contribution is -0.139. The molecular formula is C15H19Cl2NO3. The SMILES string of the molecule is CCN(CCC(=O)O)C(=O)C(C)Cc1ccc(Cl)cc1Cl. The number of carboxylic acid groups (broad SMARTS) is 1. The molecule has 1 atom stereocenters. The van der Waals surface area contributed by atoms with E-state index in [1.54, 1.807) is 17.0 Å². The van der Waals surface area contributed by atoms with Gasteiger partial charge in [0, 0.05) is 29.1 Å². The first-order valence-electron chi connectivity index (χ1n) is 6.79. The molecule has 0 spiro atoms. The minimum Gasteiger partial charge on any atom is -0.481 e. The van der Waals surface area contributed by atoms with Gasteiger partial charge in [0.25, 0.3) is 0 Å². The van der Waals surface area contributed by atoms with Gasteiger partial charge in [-0.2, -0.15) is 0 Å². The molecule has 0 fully saturated rings. The van der Waals surface area contributed by atoms with Gasteiger partial charge < -0.3 is 10.0 Å². The molecule has 0 bridgehead atoms. The third-order valence-corrected chi connectivity index (χ3v) is 3.84. The Kier molecular flexibility index (Phi) is 6.99. The largest absolute Gasteiger partial charge is 0.481 e. The van der Waals surface area contributed by atoms with Crippen molar-refractivity contribution in [2.24, 2.45) is 5.92 Å². The maximum atomic E-state index is 12.3. The van der Waals surface area contributed by atoms with E-state index in [0.29, 0.717) is 23.0 Å². The number of benzene rings is 1. The minimum atomic E-state index is -0.908. The number of nitrogens with zero attached hydrogens (tertiary/aromatic N) is 1. The zero-order valence-electron chi connectivity index (χ0n) is 12.1. The summed E-state index contributed by atoms with van der Waals surface area (Å²) in [7, 11) is 0. The molecule has 6 heteroatoms. The van der Waals surface area contributed by atoms with Gasteiger partial charge in [-0.15, -0.1) is 0 Å². The molecule has 1 aromatic carbocycles. The van der Waals surface area contributed by atoms with Crippen LogP contribution in [0.3, 0.4) is 0 Å². The smallest absolute Gasteiger partial charge is 0.305 e. The number of amides is 1. The van der Waals surface area contributed by atoms with Crippen LogP contribution in [0.25, 0.3) is 0 Å². The number of aliphatic carboxylic acids is 1. The zero-order valence-corrected chi connectivity index (χ0v) is 13.6. The fourth-order valence-corrected chi connectivity index (χ4v) is 2.56. The molecule has 0 aliphatic heterocycles. The van der Waals surface area contributed by atoms with Crippen molar-refractivity contribution in [3.05, 3.63) is 33.8 Å². The lowest BCUT2D eigenvalue weighted by atomic mass is 9.99. The van der Waals surface area contributed by atoms with Gasteiger partial charge in [0.05, 0.1) is 6.42 Å². The fraction of sp³-hybridized carbons (Fsp3) is 0.467. The first-order valence-corrected chi connectivity index (χ1v) is 7.55. The molecule has 0 saturated carbocycles. The highest BCUT2D eigenvalue weighted by molar-refractivity contribution is 6.35. The average Bonchev–Trinajstić information content (AvgIpc) is 2.42. The van der Waals surface area contributed by atoms with Crippen molar-refractivity contribution in [2.75, 3.05) is 13.1 Å². The van der Waals surface area contributed by atoms with Crippen molar-refractivity contribution in [3.63, 3.8) is 0 Å². The van der Waals surface area contributed by atoms with Crippen molar-refractivity contribution < 1.29 is 14.7 Å². The Morgan fingerprint density at radius 3 is 2.52 bits per heavy atom. The fourth-order valence-electron chi connectivity index (χ4n) is 2.07. The van der Waals surface area contributed by atoms with Crippen LogP contribution in [-0.4, -0.2) is 35.0 Å². The van der Waals surface area contributed by atoms with E-state index in [2.05, 4.69) is 0 Å². The Labute approximate surface area is 134 Å². The normalized spacial score (nSPS) is 12.0. The molecule has 1 aromatic rings. The summed E-state index contributed by atoms with van der Waals surface area (Å²) in [6, 6.07) is 5.20. The molecule has 0 aliphatic rings. The van der Waals surface area contributed by atoms with E-state index in [1.165, 1.54) is 0 Å². The minimum absolute atomic E-state index is 0.0476. The van der Waals surface area contributed by atoms with Gasteiger partial charge in [-0.1, -0.05) is 36.2 Å². The second-order valence-electron chi connectivity index (χ2n) is 4.90. The first-order chi connectivity index (χ1) is 9.85. The van der Waals surface area contributed by atoms with Crippen LogP contribution >= 0.6 is 23.2 Å². The number of rotatable bonds is 7. The van der Waals surface area contributed by atoms with Crippen LogP contribution in [0, 0.1) is 5.92 Å². The number of hydrogen-bond acceptors (Lipinski definition) is 2. The van der Waals surface area contributed by atoms with Gasteiger partial charge in [0.2, 0.25) is 5.91 Å². The number of carbonyl (C=O) groups is 2. The second kappa shape index (κ2) is 8.25. The third kappa shape index (κ3) is 5.56. The Bertz CT molecular complexity index is 520. The standard InChI is InChI=1S/C15H19Cl2NO3/c1-3-18(7-6-14(19)20)15(21)10(2)8-11-4-5-12(16)9-13(11)17/h4-5,9-10H,3,6-8H2,1-2H3,(H,19,20). The first kappa shape index (κ1) is 17.8. The molecule has 1 rings (SSSR count). The van der Waals surface area contributed by atoms with Crippen LogP contribution in [0.5, 0.6) is 0 Å². The third-order valence-electron chi connectivity index (χ3n) is 3.25. The number of carbonyl (C=O) groups excluding carboxylic acids is 1. The topological polar surface area (TPSA) is 57.6 Å². The Balaban J connectivity index is 2.70. The highest BCUT2D eigenvalue weighted by Gasteiger charge is 2.21. The summed E-state index contributed by atoms with van der Waals surface area (Å²) in [6.45, 7) is 4.37. The van der Waals surface area contributed by atoms with E-state index in [-0.39, 0.29) is 24.8 Å². The monoisotopic (exact) mass is 331 g/mol. The Morgan fingerprint density at radius 2 is 2.00 bits per heavy atom. The summed E-state index contributed by atoms with van der Waals surface area (Å²) in [6.07, 6.45) is 0.451. The van der Waals surface area contributed by atoms with Crippen LogP contribution in [-0.2, 0) is 16.0 Å². The molecule has 116 valence electrons. The molecule has 0 aromatic heterocycles. The highest BCUT2D eigenvalue weighted by Crippen LogP contribution is 2.24. The van der Waals surface area contributed by atoms with Crippen LogP contribution in [0.4, 0.5) is 0 Å². The van der Waals surface area contributed by atoms with E-state index in [1.807, 2.05) is 19.9 Å². The van der Waals surface area contributed by atoms with E-state index in [0.717, 1.165) is 5.56 Å². The lowest BCUT2D eigenvalue weighted by Crippen LogP contribution is -2.37. The van der Waals surface area contributed by atoms with Crippen LogP contribution in [0.1, 0.15) is 25.8 Å². The molecule has 1 unspecified atom stereocenters. The summed E-state index contributed by atoms with van der Waals surface area (Å²) in [5.74, 6) is -1.24. The van der Waals surface area contributed by atoms with E-state index >= 15 is 0 Å². The summed E-state index contributed by atoms with van der Waals surface area (Å²) in [4.78, 5) is 24.5. The van der Waals surface area contributed by atoms with Crippen molar-refractivity contribution in [1.29, 1.82) is 0 Å². The van der Waals surface area contributed by atoms with Crippen molar-refractivity contribution in [1.82, 2.24) is 4.90 Å². The van der Waals surface area contributed by atoms with Gasteiger partial charge in [-0.25, -0.2) is 0 Å². The Morgan fingerprint density at radius 1 is 1.33 bits per heavy atom. The molecule has 0 radical (unpaired) electrons. The molecule has 4 nitrogen and oxygen atoms in total. The van der Waals surface area contributed by atoms with Gasteiger partial charge in [-0.05, 0) is 31.0 Å². The van der Waals surface area contributed by atoms with Crippen molar-refractivity contribution >= 4 is 35.1 Å². The van der Waals surface area contributed by atoms with Gasteiger partial charge in [0.1, 0.15) is 0 Å². The zero-order chi connectivity index (χ0) is 16.0. The number of carboxylic acids is 1. The molecule has 0 heterocycles. The van der Waals surface area contributed by atoms with Crippen molar-refractivity contribution in [2.45, 2.75) is 26.7 Å². The van der Waals surface area contributed by atoms with E-state index in [9.17, 15) is 9.59 Å². The highest BCUT2D eigenvalue weighted by atomic mass is 35.5. The van der Waals surface area contributed by atoms with Crippen molar-refractivity contribution in [3.8, 4) is 0 Å². The molecule has 0 aliphatic carbocycles. The molecular weight excluding hydrogens is 313 g/mol. The van der Waals surface area contributed by atoms with Gasteiger partial charge in [0.15, 0.2) is 0 Å². The summed E-state index contributed by atoms with van der Waals surface area (Å²) >= 11 is 12.0. The molecule has 1 amide bonds. The maximum absolute atomic E-state index is 12.3. The summed E-state index contributed by atoms with van der Waals surface area (Å²) in [5, 5.41) is 9.80. The van der Waals surface area contributed by atoms with Gasteiger partial charge in [-0.3, -0.25) is 9.59 Å². The maximum Gasteiger partial charge on any atom is 0.305 e. The summed E-state index contributed by atoms with van der Waals surface area (Å²) < 4.78 is 0. The Hall–Kier alpha value is -1.26. The quantitative estimate of drug-likeness (QED) is 0.831. The number of hydrogen-bond donors (Lipinski definition) is 1. The van der Waals surface area contributed by atoms with Crippen LogP contribution in [0.15, 0.2) is 18.2 Å².